The fourth-order valence-electron chi connectivity index (χ4n) is 1.52. The predicted octanol–water partition coefficient (Wildman–Crippen LogP) is 4.84. The van der Waals surface area contributed by atoms with Crippen molar-refractivity contribution in [2.45, 2.75) is 0 Å². The molecule has 0 heterocycles. The van der Waals surface area contributed by atoms with Crippen LogP contribution in [0.15, 0.2) is 39.3 Å². The van der Waals surface area contributed by atoms with Gasteiger partial charge in [-0.2, -0.15) is 0 Å². The Hall–Kier alpha value is -1.11. The first-order chi connectivity index (χ1) is 9.38. The number of nitrogens with one attached hydrogen (secondary N) is 1. The van der Waals surface area contributed by atoms with Crippen LogP contribution in [-0.4, -0.2) is 5.91 Å². The van der Waals surface area contributed by atoms with Crippen LogP contribution in [0.4, 0.5) is 15.8 Å². The second-order valence-electron chi connectivity index (χ2n) is 3.93. The highest BCUT2D eigenvalue weighted by atomic mass is 79.9. The fourth-order valence-corrected chi connectivity index (χ4v) is 2.79. The first-order valence-electron chi connectivity index (χ1n) is 5.39. The highest BCUT2D eigenvalue weighted by molar-refractivity contribution is 9.11. The van der Waals surface area contributed by atoms with E-state index in [0.29, 0.717) is 25.9 Å². The third-order valence-electron chi connectivity index (χ3n) is 2.51. The van der Waals surface area contributed by atoms with Gasteiger partial charge in [-0.15, -0.1) is 0 Å². The monoisotopic (exact) mass is 420 g/mol. The Morgan fingerprint density at radius 2 is 1.90 bits per heavy atom. The smallest absolute Gasteiger partial charge is 0.255 e. The van der Waals surface area contributed by atoms with Crippen molar-refractivity contribution in [3.8, 4) is 0 Å². The second-order valence-corrected chi connectivity index (χ2v) is 6.05. The van der Waals surface area contributed by atoms with Gasteiger partial charge in [0.15, 0.2) is 0 Å². The zero-order valence-electron chi connectivity index (χ0n) is 9.88. The van der Waals surface area contributed by atoms with E-state index in [1.54, 1.807) is 18.2 Å². The van der Waals surface area contributed by atoms with Gasteiger partial charge in [-0.3, -0.25) is 4.79 Å². The number of nitrogens with two attached hydrogens (primary N) is 1. The van der Waals surface area contributed by atoms with Crippen LogP contribution in [0.1, 0.15) is 10.4 Å². The third-order valence-corrected chi connectivity index (χ3v) is 4.12. The molecule has 0 saturated carbocycles. The molecule has 0 saturated heterocycles. The molecule has 3 N–H and O–H groups in total. The van der Waals surface area contributed by atoms with Gasteiger partial charge >= 0.3 is 0 Å². The van der Waals surface area contributed by atoms with Crippen LogP contribution in [0.2, 0.25) is 5.02 Å². The lowest BCUT2D eigenvalue weighted by Crippen LogP contribution is -2.13. The highest BCUT2D eigenvalue weighted by Crippen LogP contribution is 2.32. The lowest BCUT2D eigenvalue weighted by molar-refractivity contribution is 0.102. The summed E-state index contributed by atoms with van der Waals surface area (Å²) in [6.07, 6.45) is 0. The van der Waals surface area contributed by atoms with Gasteiger partial charge in [0.05, 0.1) is 10.7 Å². The minimum Gasteiger partial charge on any atom is -0.398 e. The summed E-state index contributed by atoms with van der Waals surface area (Å²) < 4.78 is 14.1. The molecule has 0 aliphatic carbocycles. The summed E-state index contributed by atoms with van der Waals surface area (Å²) >= 11 is 12.3. The molecule has 2 aromatic carbocycles. The van der Waals surface area contributed by atoms with Crippen LogP contribution in [0.5, 0.6) is 0 Å². The summed E-state index contributed by atoms with van der Waals surface area (Å²) in [7, 11) is 0. The van der Waals surface area contributed by atoms with Crippen molar-refractivity contribution >= 4 is 60.7 Å². The maximum absolute atomic E-state index is 13.1. The van der Waals surface area contributed by atoms with Crippen LogP contribution in [0, 0.1) is 5.82 Å². The molecule has 104 valence electrons. The number of anilines is 2. The number of hydrogen-bond acceptors (Lipinski definition) is 2. The van der Waals surface area contributed by atoms with E-state index >= 15 is 0 Å². The zero-order valence-corrected chi connectivity index (χ0v) is 13.8. The van der Waals surface area contributed by atoms with E-state index in [1.165, 1.54) is 6.07 Å². The van der Waals surface area contributed by atoms with Gasteiger partial charge in [0.25, 0.3) is 5.91 Å². The molecule has 7 heteroatoms. The average Bonchev–Trinajstić information content (AvgIpc) is 2.36. The van der Waals surface area contributed by atoms with E-state index < -0.39 is 5.82 Å². The summed E-state index contributed by atoms with van der Waals surface area (Å²) in [4.78, 5) is 12.1. The van der Waals surface area contributed by atoms with Crippen LogP contribution in [0.3, 0.4) is 0 Å². The van der Waals surface area contributed by atoms with E-state index in [4.69, 9.17) is 17.3 Å². The maximum Gasteiger partial charge on any atom is 0.255 e. The Labute approximate surface area is 136 Å². The third kappa shape index (κ3) is 3.31. The van der Waals surface area contributed by atoms with E-state index in [-0.39, 0.29) is 10.9 Å². The van der Waals surface area contributed by atoms with Gasteiger partial charge in [0, 0.05) is 20.2 Å². The molecule has 0 radical (unpaired) electrons. The van der Waals surface area contributed by atoms with Crippen molar-refractivity contribution in [2.24, 2.45) is 0 Å². The second kappa shape index (κ2) is 6.11. The molecule has 2 aromatic rings. The van der Waals surface area contributed by atoms with Crippen molar-refractivity contribution in [1.29, 1.82) is 0 Å². The van der Waals surface area contributed by atoms with Crippen LogP contribution in [0.25, 0.3) is 0 Å². The first kappa shape index (κ1) is 15.3. The molecule has 2 rings (SSSR count). The van der Waals surface area contributed by atoms with Gasteiger partial charge in [0.2, 0.25) is 0 Å². The van der Waals surface area contributed by atoms with Crippen molar-refractivity contribution in [3.05, 3.63) is 55.7 Å². The van der Waals surface area contributed by atoms with Gasteiger partial charge in [0.1, 0.15) is 5.82 Å². The normalized spacial score (nSPS) is 10.4. The lowest BCUT2D eigenvalue weighted by Gasteiger charge is -2.10. The lowest BCUT2D eigenvalue weighted by atomic mass is 10.2. The van der Waals surface area contributed by atoms with Gasteiger partial charge in [-0.1, -0.05) is 11.6 Å². The van der Waals surface area contributed by atoms with Gasteiger partial charge in [-0.25, -0.2) is 4.39 Å². The van der Waals surface area contributed by atoms with Crippen LogP contribution >= 0.6 is 43.5 Å². The quantitative estimate of drug-likeness (QED) is 0.681. The number of amides is 1. The number of benzene rings is 2. The Balaban J connectivity index is 2.30. The minimum atomic E-state index is -0.491. The van der Waals surface area contributed by atoms with Gasteiger partial charge in [-0.05, 0) is 62.2 Å². The Morgan fingerprint density at radius 3 is 2.50 bits per heavy atom. The van der Waals surface area contributed by atoms with Crippen molar-refractivity contribution in [3.63, 3.8) is 0 Å². The molecule has 0 unspecified atom stereocenters. The molecule has 1 amide bonds. The minimum absolute atomic E-state index is 0.111. The molecule has 0 bridgehead atoms. The van der Waals surface area contributed by atoms with Crippen molar-refractivity contribution < 1.29 is 9.18 Å². The molecule has 0 atom stereocenters. The summed E-state index contributed by atoms with van der Waals surface area (Å²) in [6, 6.07) is 7.14. The number of carbonyl (C=O) groups excluding carboxylic acids is 1. The highest BCUT2D eigenvalue weighted by Gasteiger charge is 2.13. The largest absolute Gasteiger partial charge is 0.398 e. The number of hydrogen-bond donors (Lipinski definition) is 2. The number of rotatable bonds is 2. The topological polar surface area (TPSA) is 55.1 Å². The summed E-state index contributed by atoms with van der Waals surface area (Å²) in [5.41, 5.74) is 6.90. The standard InChI is InChI=1S/C13H8Br2ClFN2O/c14-8-3-6(1-2-11(8)18)13(20)19-12-9(15)4-7(17)5-10(12)16/h1-5H,18H2,(H,19,20). The van der Waals surface area contributed by atoms with E-state index in [9.17, 15) is 9.18 Å². The van der Waals surface area contributed by atoms with E-state index in [2.05, 4.69) is 37.2 Å². The summed E-state index contributed by atoms with van der Waals surface area (Å²) in [5.74, 6) is -0.866. The molecular weight excluding hydrogens is 414 g/mol. The summed E-state index contributed by atoms with van der Waals surface area (Å²) in [5, 5.41) is 2.73. The first-order valence-corrected chi connectivity index (χ1v) is 7.36. The predicted molar refractivity (Wildman–Crippen MR) is 85.6 cm³/mol. The molecule has 0 aliphatic heterocycles. The van der Waals surface area contributed by atoms with Crippen LogP contribution < -0.4 is 11.1 Å². The Kier molecular flexibility index (Phi) is 4.67. The van der Waals surface area contributed by atoms with Gasteiger partial charge < -0.3 is 11.1 Å². The SMILES string of the molecule is Nc1ccc(C(=O)Nc2c(Cl)cc(F)cc2Br)cc1Br. The number of carbonyl (C=O) groups is 1. The summed E-state index contributed by atoms with van der Waals surface area (Å²) in [6.45, 7) is 0. The Morgan fingerprint density at radius 1 is 1.20 bits per heavy atom. The molecule has 20 heavy (non-hydrogen) atoms. The molecule has 3 nitrogen and oxygen atoms in total. The number of halogens is 4. The van der Waals surface area contributed by atoms with E-state index in [1.807, 2.05) is 0 Å². The molecule has 0 fully saturated rings. The molecule has 0 aromatic heterocycles. The molecule has 0 spiro atoms. The van der Waals surface area contributed by atoms with Crippen LogP contribution in [-0.2, 0) is 0 Å². The van der Waals surface area contributed by atoms with Crippen molar-refractivity contribution in [2.75, 3.05) is 11.1 Å². The average molecular weight is 422 g/mol. The molecular formula is C13H8Br2ClFN2O. The Bertz CT molecular complexity index is 671. The maximum atomic E-state index is 13.1. The number of nitrogen functional groups attached to an aromatic ring is 1. The van der Waals surface area contributed by atoms with E-state index in [0.717, 1.165) is 6.07 Å². The zero-order chi connectivity index (χ0) is 14.9. The fraction of sp³-hybridized carbons (Fsp3) is 0. The van der Waals surface area contributed by atoms with Crippen molar-refractivity contribution in [1.82, 2.24) is 0 Å². The molecule has 0 aliphatic rings.